The Morgan fingerprint density at radius 2 is 1.81 bits per heavy atom. The number of hydrogen-bond acceptors (Lipinski definition) is 5. The van der Waals surface area contributed by atoms with Gasteiger partial charge in [-0.15, -0.1) is 10.2 Å². The van der Waals surface area contributed by atoms with Crippen LogP contribution in [0.3, 0.4) is 0 Å². The highest BCUT2D eigenvalue weighted by molar-refractivity contribution is 6.01. The second kappa shape index (κ2) is 8.84. The Morgan fingerprint density at radius 1 is 1.00 bits per heavy atom. The molecule has 1 atom stereocenters. The van der Waals surface area contributed by atoms with Gasteiger partial charge in [0.05, 0.1) is 6.04 Å². The van der Waals surface area contributed by atoms with E-state index >= 15 is 0 Å². The summed E-state index contributed by atoms with van der Waals surface area (Å²) in [5.74, 6) is 1.77. The molecule has 1 fully saturated rings. The lowest BCUT2D eigenvalue weighted by molar-refractivity contribution is 0.179. The number of ether oxygens (including phenoxy) is 1. The largest absolute Gasteiger partial charge is 0.493 e. The van der Waals surface area contributed by atoms with Gasteiger partial charge in [0.1, 0.15) is 12.4 Å². The summed E-state index contributed by atoms with van der Waals surface area (Å²) in [6.45, 7) is 2.81. The molecule has 0 radical (unpaired) electrons. The molecule has 1 unspecified atom stereocenters. The first-order valence-corrected chi connectivity index (χ1v) is 11.2. The predicted octanol–water partition coefficient (Wildman–Crippen LogP) is 5.50. The Balaban J connectivity index is 1.33. The Morgan fingerprint density at radius 3 is 2.58 bits per heavy atom. The molecule has 2 aromatic carbocycles. The van der Waals surface area contributed by atoms with Crippen molar-refractivity contribution in [3.63, 3.8) is 0 Å². The number of tetrazole rings is 1. The van der Waals surface area contributed by atoms with Gasteiger partial charge < -0.3 is 4.74 Å². The molecule has 158 valence electrons. The van der Waals surface area contributed by atoms with Gasteiger partial charge in [0.2, 0.25) is 5.82 Å². The number of fused-ring (bicyclic) bond motifs is 1. The van der Waals surface area contributed by atoms with Gasteiger partial charge in [-0.25, -0.2) is 0 Å². The van der Waals surface area contributed by atoms with E-state index < -0.39 is 0 Å². The topological polar surface area (TPSA) is 76.1 Å². The van der Waals surface area contributed by atoms with Crippen LogP contribution in [0.2, 0.25) is 0 Å². The number of nitrogens with zero attached hydrogens (tertiary/aromatic N) is 4. The van der Waals surface area contributed by atoms with Crippen molar-refractivity contribution in [2.24, 2.45) is 4.99 Å². The molecule has 1 N–H and O–H groups in total. The maximum atomic E-state index is 6.37. The maximum absolute atomic E-state index is 6.37. The number of aromatic nitrogens is 4. The lowest BCUT2D eigenvalue weighted by Crippen LogP contribution is -2.23. The Labute approximate surface area is 182 Å². The van der Waals surface area contributed by atoms with Crippen molar-refractivity contribution in [1.29, 1.82) is 0 Å². The normalized spacial score (nSPS) is 18.5. The first kappa shape index (κ1) is 19.7. The number of allylic oxidation sites excluding steroid dienone is 1. The summed E-state index contributed by atoms with van der Waals surface area (Å²) in [6.07, 6.45) is 6.71. The zero-order valence-electron chi connectivity index (χ0n) is 17.8. The highest BCUT2D eigenvalue weighted by Gasteiger charge is 2.26. The van der Waals surface area contributed by atoms with Crippen molar-refractivity contribution in [3.05, 3.63) is 65.4 Å². The molecule has 6 heteroatoms. The second-order valence-electron chi connectivity index (χ2n) is 8.22. The van der Waals surface area contributed by atoms with E-state index in [0.29, 0.717) is 18.5 Å². The van der Waals surface area contributed by atoms with Crippen LogP contribution in [0.25, 0.3) is 22.5 Å². The Bertz CT molecular complexity index is 1100. The quantitative estimate of drug-likeness (QED) is 0.579. The predicted molar refractivity (Wildman–Crippen MR) is 121 cm³/mol. The molecule has 2 aliphatic rings. The summed E-state index contributed by atoms with van der Waals surface area (Å²) >= 11 is 0. The van der Waals surface area contributed by atoms with Gasteiger partial charge in [-0.1, -0.05) is 55.5 Å². The zero-order chi connectivity index (χ0) is 21.0. The van der Waals surface area contributed by atoms with Gasteiger partial charge in [0, 0.05) is 23.3 Å². The second-order valence-corrected chi connectivity index (χ2v) is 8.22. The SMILES string of the molecule is CCC1CC(OCc2ccc(-c3ccccc3-c3nn[nH]n3)cc2)=C2CCCCC2=N1. The number of aromatic amines is 1. The molecule has 0 bridgehead atoms. The minimum Gasteiger partial charge on any atom is -0.493 e. The lowest BCUT2D eigenvalue weighted by Gasteiger charge is -2.28. The molecule has 31 heavy (non-hydrogen) atoms. The van der Waals surface area contributed by atoms with Crippen LogP contribution in [-0.4, -0.2) is 32.4 Å². The molecule has 1 aliphatic heterocycles. The summed E-state index contributed by atoms with van der Waals surface area (Å²) in [6, 6.07) is 17.0. The number of nitrogens with one attached hydrogen (secondary N) is 1. The summed E-state index contributed by atoms with van der Waals surface area (Å²) in [5.41, 5.74) is 7.01. The molecule has 0 spiro atoms. The van der Waals surface area contributed by atoms with Crippen molar-refractivity contribution in [2.75, 3.05) is 0 Å². The van der Waals surface area contributed by atoms with Gasteiger partial charge in [-0.05, 0) is 54.0 Å². The van der Waals surface area contributed by atoms with Crippen LogP contribution in [-0.2, 0) is 11.3 Å². The molecule has 3 aromatic rings. The third-order valence-electron chi connectivity index (χ3n) is 6.20. The van der Waals surface area contributed by atoms with E-state index in [2.05, 4.69) is 57.9 Å². The summed E-state index contributed by atoms with van der Waals surface area (Å²) < 4.78 is 6.37. The van der Waals surface area contributed by atoms with Crippen LogP contribution in [0, 0.1) is 0 Å². The van der Waals surface area contributed by atoms with Gasteiger partial charge in [-0.2, -0.15) is 5.21 Å². The van der Waals surface area contributed by atoms with Gasteiger partial charge in [0.25, 0.3) is 0 Å². The minimum absolute atomic E-state index is 0.371. The fourth-order valence-electron chi connectivity index (χ4n) is 4.47. The number of benzene rings is 2. The number of dihydropyridines is 1. The summed E-state index contributed by atoms with van der Waals surface area (Å²) in [4.78, 5) is 4.96. The summed E-state index contributed by atoms with van der Waals surface area (Å²) in [5, 5.41) is 14.5. The summed E-state index contributed by atoms with van der Waals surface area (Å²) in [7, 11) is 0. The van der Waals surface area contributed by atoms with Crippen molar-refractivity contribution >= 4 is 5.71 Å². The van der Waals surface area contributed by atoms with Crippen molar-refractivity contribution < 1.29 is 4.74 Å². The van der Waals surface area contributed by atoms with E-state index in [1.54, 1.807) is 0 Å². The monoisotopic (exact) mass is 413 g/mol. The number of hydrogen-bond donors (Lipinski definition) is 1. The van der Waals surface area contributed by atoms with Crippen molar-refractivity contribution in [1.82, 2.24) is 20.6 Å². The molecule has 6 nitrogen and oxygen atoms in total. The average molecular weight is 414 g/mol. The molecular weight excluding hydrogens is 386 g/mol. The van der Waals surface area contributed by atoms with Crippen LogP contribution in [0.1, 0.15) is 51.0 Å². The Hall–Kier alpha value is -3.28. The molecule has 1 aromatic heterocycles. The van der Waals surface area contributed by atoms with Crippen LogP contribution < -0.4 is 0 Å². The highest BCUT2D eigenvalue weighted by atomic mass is 16.5. The van der Waals surface area contributed by atoms with Crippen molar-refractivity contribution in [2.45, 2.75) is 58.1 Å². The average Bonchev–Trinajstić information content (AvgIpc) is 3.37. The van der Waals surface area contributed by atoms with E-state index in [1.165, 1.54) is 35.4 Å². The maximum Gasteiger partial charge on any atom is 0.205 e. The number of rotatable bonds is 6. The van der Waals surface area contributed by atoms with Crippen LogP contribution in [0.5, 0.6) is 0 Å². The fourth-order valence-corrected chi connectivity index (χ4v) is 4.47. The third kappa shape index (κ3) is 4.15. The lowest BCUT2D eigenvalue weighted by atomic mass is 9.87. The molecule has 0 saturated heterocycles. The van der Waals surface area contributed by atoms with Crippen LogP contribution in [0.4, 0.5) is 0 Å². The van der Waals surface area contributed by atoms with E-state index in [-0.39, 0.29) is 0 Å². The Kier molecular flexibility index (Phi) is 5.61. The van der Waals surface area contributed by atoms with Crippen molar-refractivity contribution in [3.8, 4) is 22.5 Å². The van der Waals surface area contributed by atoms with Crippen LogP contribution in [0.15, 0.2) is 64.9 Å². The van der Waals surface area contributed by atoms with Crippen LogP contribution >= 0.6 is 0 Å². The molecule has 1 saturated carbocycles. The zero-order valence-corrected chi connectivity index (χ0v) is 17.8. The first-order valence-electron chi connectivity index (χ1n) is 11.2. The number of H-pyrrole nitrogens is 1. The molecule has 0 amide bonds. The molecule has 2 heterocycles. The van der Waals surface area contributed by atoms with Gasteiger partial charge in [0.15, 0.2) is 0 Å². The molecule has 1 aliphatic carbocycles. The highest BCUT2D eigenvalue weighted by Crippen LogP contribution is 2.33. The van der Waals surface area contributed by atoms with Gasteiger partial charge >= 0.3 is 0 Å². The minimum atomic E-state index is 0.371. The van der Waals surface area contributed by atoms with Gasteiger partial charge in [-0.3, -0.25) is 4.99 Å². The first-order chi connectivity index (χ1) is 15.3. The molecular formula is C25H27N5O. The molecule has 5 rings (SSSR count). The van der Waals surface area contributed by atoms with E-state index in [4.69, 9.17) is 9.73 Å². The smallest absolute Gasteiger partial charge is 0.205 e. The third-order valence-corrected chi connectivity index (χ3v) is 6.20. The number of aliphatic imine (C=N–C) groups is 1. The van der Waals surface area contributed by atoms with E-state index in [0.717, 1.165) is 42.4 Å². The van der Waals surface area contributed by atoms with E-state index in [9.17, 15) is 0 Å². The fraction of sp³-hybridized carbons (Fsp3) is 0.360. The van der Waals surface area contributed by atoms with E-state index in [1.807, 2.05) is 18.2 Å². The standard InChI is InChI=1S/C25H27N5O/c1-2-19-15-24(22-9-5-6-10-23(22)26-19)31-16-17-11-13-18(14-12-17)20-7-3-4-8-21(20)25-27-29-30-28-25/h3-4,7-8,11-14,19H,2,5-6,9-10,15-16H2,1H3,(H,27,28,29,30).